The van der Waals surface area contributed by atoms with Crippen LogP contribution < -0.4 is 11.1 Å². The molecule has 9 nitrogen and oxygen atoms in total. The van der Waals surface area contributed by atoms with Gasteiger partial charge in [-0.15, -0.1) is 0 Å². The van der Waals surface area contributed by atoms with E-state index in [4.69, 9.17) is 15.6 Å². The Balaban J connectivity index is 1.34. The molecule has 1 aliphatic rings. The summed E-state index contributed by atoms with van der Waals surface area (Å²) in [7, 11) is 0. The highest BCUT2D eigenvalue weighted by atomic mass is 16.5. The van der Waals surface area contributed by atoms with Crippen molar-refractivity contribution in [2.45, 2.75) is 57.4 Å². The van der Waals surface area contributed by atoms with Crippen molar-refractivity contribution in [2.24, 2.45) is 5.92 Å². The number of benzene rings is 1. The SMILES string of the molecule is Nc1ncnc2c1ncn2[C@H]1CC[C@@H](C[C@H](CCCC(=O)O)CNCc2ccccc2)O1. The standard InChI is InChI=1S/C23H30N6O3/c24-22-21-23(27-14-26-22)29(15-28-21)19-10-9-18(32-19)11-17(7-4-8-20(30)31)13-25-12-16-5-2-1-3-6-16/h1-3,5-6,14-15,17-19,25H,4,7-13H2,(H,30,31)(H2,24,26,27)/t17-,18-,19+/m0/s1. The summed E-state index contributed by atoms with van der Waals surface area (Å²) in [6.45, 7) is 1.63. The van der Waals surface area contributed by atoms with Gasteiger partial charge in [0.05, 0.1) is 12.4 Å². The Labute approximate surface area is 187 Å². The van der Waals surface area contributed by atoms with E-state index < -0.39 is 5.97 Å². The number of aliphatic carboxylic acids is 1. The maximum atomic E-state index is 11.0. The highest BCUT2D eigenvalue weighted by Crippen LogP contribution is 2.34. The number of imidazole rings is 1. The number of carboxylic acids is 1. The Bertz CT molecular complexity index is 1030. The quantitative estimate of drug-likeness (QED) is 0.416. The molecule has 170 valence electrons. The number of aromatic nitrogens is 4. The molecule has 4 rings (SSSR count). The predicted molar refractivity (Wildman–Crippen MR) is 121 cm³/mol. The van der Waals surface area contributed by atoms with Gasteiger partial charge in [-0.1, -0.05) is 30.3 Å². The highest BCUT2D eigenvalue weighted by Gasteiger charge is 2.30. The molecule has 4 N–H and O–H groups in total. The Morgan fingerprint density at radius 1 is 1.25 bits per heavy atom. The molecule has 0 radical (unpaired) electrons. The Morgan fingerprint density at radius 3 is 2.91 bits per heavy atom. The van der Waals surface area contributed by atoms with Crippen LogP contribution in [-0.4, -0.2) is 43.2 Å². The lowest BCUT2D eigenvalue weighted by Gasteiger charge is -2.22. The normalized spacial score (nSPS) is 19.4. The molecule has 0 aliphatic carbocycles. The number of nitrogens with zero attached hydrogens (tertiary/aromatic N) is 4. The zero-order valence-corrected chi connectivity index (χ0v) is 18.1. The summed E-state index contributed by atoms with van der Waals surface area (Å²) < 4.78 is 8.28. The summed E-state index contributed by atoms with van der Waals surface area (Å²) in [6, 6.07) is 10.3. The van der Waals surface area contributed by atoms with Gasteiger partial charge in [-0.05, 0) is 50.1 Å². The highest BCUT2D eigenvalue weighted by molar-refractivity contribution is 5.81. The minimum absolute atomic E-state index is 0.116. The van der Waals surface area contributed by atoms with Crippen molar-refractivity contribution in [1.29, 1.82) is 0 Å². The van der Waals surface area contributed by atoms with Crippen molar-refractivity contribution >= 4 is 23.0 Å². The number of rotatable bonds is 11. The third kappa shape index (κ3) is 5.60. The number of carbonyl (C=O) groups is 1. The third-order valence-corrected chi connectivity index (χ3v) is 5.99. The van der Waals surface area contributed by atoms with E-state index in [1.54, 1.807) is 6.33 Å². The number of anilines is 1. The number of ether oxygens (including phenoxy) is 1. The maximum absolute atomic E-state index is 11.0. The lowest BCUT2D eigenvalue weighted by molar-refractivity contribution is -0.137. The van der Waals surface area contributed by atoms with Crippen molar-refractivity contribution in [2.75, 3.05) is 12.3 Å². The predicted octanol–water partition coefficient (Wildman–Crippen LogP) is 3.14. The van der Waals surface area contributed by atoms with Crippen LogP contribution in [-0.2, 0) is 16.1 Å². The van der Waals surface area contributed by atoms with E-state index in [9.17, 15) is 4.79 Å². The van der Waals surface area contributed by atoms with Gasteiger partial charge in [0.25, 0.3) is 0 Å². The molecule has 0 saturated carbocycles. The van der Waals surface area contributed by atoms with Crippen LogP contribution in [0.2, 0.25) is 0 Å². The number of nitrogens with two attached hydrogens (primary N) is 1. The van der Waals surface area contributed by atoms with E-state index in [0.29, 0.717) is 29.3 Å². The maximum Gasteiger partial charge on any atom is 0.303 e. The second kappa shape index (κ2) is 10.5. The molecule has 0 unspecified atom stereocenters. The number of nitrogen functional groups attached to an aromatic ring is 1. The average Bonchev–Trinajstić information content (AvgIpc) is 3.41. The Hall–Kier alpha value is -3.04. The monoisotopic (exact) mass is 438 g/mol. The summed E-state index contributed by atoms with van der Waals surface area (Å²) in [5.41, 5.74) is 8.42. The summed E-state index contributed by atoms with van der Waals surface area (Å²) in [5, 5.41) is 12.5. The molecule has 3 atom stereocenters. The number of carboxylic acid groups (broad SMARTS) is 1. The Kier molecular flexibility index (Phi) is 7.28. The largest absolute Gasteiger partial charge is 0.481 e. The van der Waals surface area contributed by atoms with Gasteiger partial charge in [0.2, 0.25) is 0 Å². The van der Waals surface area contributed by atoms with E-state index in [1.807, 2.05) is 22.8 Å². The second-order valence-corrected chi connectivity index (χ2v) is 8.38. The Morgan fingerprint density at radius 2 is 2.09 bits per heavy atom. The van der Waals surface area contributed by atoms with Crippen molar-refractivity contribution in [1.82, 2.24) is 24.8 Å². The summed E-state index contributed by atoms with van der Waals surface area (Å²) in [6.07, 6.45) is 7.59. The third-order valence-electron chi connectivity index (χ3n) is 5.99. The summed E-state index contributed by atoms with van der Waals surface area (Å²) >= 11 is 0. The van der Waals surface area contributed by atoms with Gasteiger partial charge in [0, 0.05) is 13.0 Å². The molecule has 2 aromatic heterocycles. The van der Waals surface area contributed by atoms with E-state index in [2.05, 4.69) is 32.4 Å². The van der Waals surface area contributed by atoms with Crippen LogP contribution in [0, 0.1) is 5.92 Å². The van der Waals surface area contributed by atoms with Gasteiger partial charge in [0.1, 0.15) is 18.1 Å². The summed E-state index contributed by atoms with van der Waals surface area (Å²) in [5.74, 6) is -0.0305. The first kappa shape index (κ1) is 22.2. The first-order valence-corrected chi connectivity index (χ1v) is 11.1. The molecule has 3 heterocycles. The molecule has 9 heteroatoms. The van der Waals surface area contributed by atoms with Crippen molar-refractivity contribution in [3.63, 3.8) is 0 Å². The molecule has 1 aliphatic heterocycles. The lowest BCUT2D eigenvalue weighted by atomic mass is 9.94. The summed E-state index contributed by atoms with van der Waals surface area (Å²) in [4.78, 5) is 23.6. The molecule has 0 amide bonds. The van der Waals surface area contributed by atoms with E-state index in [-0.39, 0.29) is 18.8 Å². The van der Waals surface area contributed by atoms with Gasteiger partial charge < -0.3 is 20.9 Å². The molecule has 1 fully saturated rings. The van der Waals surface area contributed by atoms with Crippen LogP contribution in [0.1, 0.15) is 50.3 Å². The van der Waals surface area contributed by atoms with E-state index in [1.165, 1.54) is 11.9 Å². The van der Waals surface area contributed by atoms with Crippen LogP contribution in [0.15, 0.2) is 43.0 Å². The molecule has 1 aromatic carbocycles. The molecular weight excluding hydrogens is 408 g/mol. The van der Waals surface area contributed by atoms with Crippen LogP contribution in [0.5, 0.6) is 0 Å². The lowest BCUT2D eigenvalue weighted by Crippen LogP contribution is -2.26. The van der Waals surface area contributed by atoms with E-state index in [0.717, 1.165) is 38.8 Å². The zero-order chi connectivity index (χ0) is 22.3. The topological polar surface area (TPSA) is 128 Å². The van der Waals surface area contributed by atoms with Gasteiger partial charge in [-0.2, -0.15) is 0 Å². The molecular formula is C23H30N6O3. The first-order valence-electron chi connectivity index (χ1n) is 11.1. The number of hydrogen-bond donors (Lipinski definition) is 3. The van der Waals surface area contributed by atoms with Crippen LogP contribution in [0.4, 0.5) is 5.82 Å². The second-order valence-electron chi connectivity index (χ2n) is 8.38. The molecule has 0 bridgehead atoms. The van der Waals surface area contributed by atoms with Gasteiger partial charge in [-0.25, -0.2) is 15.0 Å². The average molecular weight is 439 g/mol. The van der Waals surface area contributed by atoms with Gasteiger partial charge in [-0.3, -0.25) is 9.36 Å². The van der Waals surface area contributed by atoms with Crippen LogP contribution in [0.25, 0.3) is 11.2 Å². The van der Waals surface area contributed by atoms with Crippen LogP contribution >= 0.6 is 0 Å². The smallest absolute Gasteiger partial charge is 0.303 e. The fourth-order valence-electron chi connectivity index (χ4n) is 4.38. The molecule has 32 heavy (non-hydrogen) atoms. The molecule has 1 saturated heterocycles. The van der Waals surface area contributed by atoms with Crippen molar-refractivity contribution in [3.8, 4) is 0 Å². The zero-order valence-electron chi connectivity index (χ0n) is 18.1. The van der Waals surface area contributed by atoms with Gasteiger partial charge >= 0.3 is 5.97 Å². The number of nitrogens with one attached hydrogen (secondary N) is 1. The minimum atomic E-state index is -0.744. The number of fused-ring (bicyclic) bond motifs is 1. The first-order chi connectivity index (χ1) is 15.6. The number of hydrogen-bond acceptors (Lipinski definition) is 7. The minimum Gasteiger partial charge on any atom is -0.481 e. The van der Waals surface area contributed by atoms with Gasteiger partial charge in [0.15, 0.2) is 11.5 Å². The van der Waals surface area contributed by atoms with Crippen molar-refractivity contribution < 1.29 is 14.6 Å². The van der Waals surface area contributed by atoms with E-state index >= 15 is 0 Å². The van der Waals surface area contributed by atoms with Crippen LogP contribution in [0.3, 0.4) is 0 Å². The van der Waals surface area contributed by atoms with Crippen molar-refractivity contribution in [3.05, 3.63) is 48.5 Å². The fraction of sp³-hybridized carbons (Fsp3) is 0.478. The molecule has 3 aromatic rings. The fourth-order valence-corrected chi connectivity index (χ4v) is 4.38. The molecule has 0 spiro atoms.